The van der Waals surface area contributed by atoms with Crippen LogP contribution in [0.2, 0.25) is 0 Å². The van der Waals surface area contributed by atoms with Crippen molar-refractivity contribution in [3.8, 4) is 16.9 Å². The summed E-state index contributed by atoms with van der Waals surface area (Å²) in [6.07, 6.45) is 4.65. The van der Waals surface area contributed by atoms with Gasteiger partial charge in [0.1, 0.15) is 6.61 Å². The number of hydrogen-bond acceptors (Lipinski definition) is 8. The van der Waals surface area contributed by atoms with Crippen molar-refractivity contribution in [1.29, 1.82) is 0 Å². The Morgan fingerprint density at radius 1 is 1.04 bits per heavy atom. The first-order valence-electron chi connectivity index (χ1n) is 14.0. The fourth-order valence-electron chi connectivity index (χ4n) is 4.47. The standard InChI is InChI=1S/C32H26F3N7O3/c1-19-4-5-21(11-28(19)41-31-37-10-8-27(40-31)22-3-2-9-36-15-22)29(43)39-24-12-23(32(33,34)35)13-26(14-24)42-16-25(38-18-42)17-45-30(44)20-6-7-20/h2-5,8-16,18,20H,6-7,17H2,1H3,(H,39,43)(H,37,40,41). The smallest absolute Gasteiger partial charge is 0.416 e. The van der Waals surface area contributed by atoms with Gasteiger partial charge in [-0.05, 0) is 73.9 Å². The Hall–Kier alpha value is -5.59. The number of amides is 1. The molecule has 1 fully saturated rings. The molecule has 10 nitrogen and oxygen atoms in total. The van der Waals surface area contributed by atoms with E-state index in [1.54, 1.807) is 48.9 Å². The summed E-state index contributed by atoms with van der Waals surface area (Å²) in [4.78, 5) is 42.1. The number of esters is 1. The lowest BCUT2D eigenvalue weighted by Gasteiger charge is -2.14. The number of hydrogen-bond donors (Lipinski definition) is 2. The van der Waals surface area contributed by atoms with Gasteiger partial charge in [0, 0.05) is 53.0 Å². The lowest BCUT2D eigenvalue weighted by molar-refractivity contribution is -0.146. The molecule has 228 valence electrons. The second kappa shape index (κ2) is 12.2. The summed E-state index contributed by atoms with van der Waals surface area (Å²) in [7, 11) is 0. The van der Waals surface area contributed by atoms with Crippen molar-refractivity contribution in [2.75, 3.05) is 10.6 Å². The molecular weight excluding hydrogens is 587 g/mol. The van der Waals surface area contributed by atoms with Gasteiger partial charge in [-0.1, -0.05) is 6.07 Å². The molecule has 6 rings (SSSR count). The Bertz CT molecular complexity index is 1870. The number of benzene rings is 2. The van der Waals surface area contributed by atoms with E-state index in [2.05, 4.69) is 30.6 Å². The maximum absolute atomic E-state index is 13.8. The van der Waals surface area contributed by atoms with E-state index in [4.69, 9.17) is 4.74 Å². The van der Waals surface area contributed by atoms with Crippen LogP contribution in [0.15, 0.2) is 85.7 Å². The van der Waals surface area contributed by atoms with E-state index in [1.807, 2.05) is 13.0 Å². The first-order valence-corrected chi connectivity index (χ1v) is 14.0. The fourth-order valence-corrected chi connectivity index (χ4v) is 4.47. The number of alkyl halides is 3. The third kappa shape index (κ3) is 7.15. The number of carbonyl (C=O) groups excluding carboxylic acids is 2. The highest BCUT2D eigenvalue weighted by molar-refractivity contribution is 6.05. The zero-order valence-electron chi connectivity index (χ0n) is 23.9. The second-order valence-electron chi connectivity index (χ2n) is 10.5. The molecule has 0 radical (unpaired) electrons. The van der Waals surface area contributed by atoms with Gasteiger partial charge in [-0.2, -0.15) is 13.2 Å². The number of aromatic nitrogens is 5. The van der Waals surface area contributed by atoms with Crippen molar-refractivity contribution < 1.29 is 27.5 Å². The Kier molecular flexibility index (Phi) is 7.98. The van der Waals surface area contributed by atoms with Gasteiger partial charge in [-0.25, -0.2) is 15.0 Å². The van der Waals surface area contributed by atoms with Crippen LogP contribution >= 0.6 is 0 Å². The predicted molar refractivity (Wildman–Crippen MR) is 159 cm³/mol. The number of carbonyl (C=O) groups is 2. The summed E-state index contributed by atoms with van der Waals surface area (Å²) in [5, 5.41) is 5.70. The average Bonchev–Trinajstić information content (AvgIpc) is 3.78. The van der Waals surface area contributed by atoms with Crippen LogP contribution in [0.3, 0.4) is 0 Å². The number of halogens is 3. The van der Waals surface area contributed by atoms with Gasteiger partial charge in [0.25, 0.3) is 5.91 Å². The number of rotatable bonds is 9. The number of anilines is 3. The highest BCUT2D eigenvalue weighted by Crippen LogP contribution is 2.34. The maximum Gasteiger partial charge on any atom is 0.416 e. The molecule has 2 N–H and O–H groups in total. The van der Waals surface area contributed by atoms with Crippen LogP contribution < -0.4 is 10.6 Å². The number of imidazole rings is 1. The molecule has 3 heterocycles. The SMILES string of the molecule is Cc1ccc(C(=O)Nc2cc(-n3cnc(COC(=O)C4CC4)c3)cc(C(F)(F)F)c2)cc1Nc1nccc(-c2cccnc2)n1. The monoisotopic (exact) mass is 613 g/mol. The quantitative estimate of drug-likeness (QED) is 0.181. The van der Waals surface area contributed by atoms with E-state index in [9.17, 15) is 22.8 Å². The van der Waals surface area contributed by atoms with Crippen LogP contribution in [-0.2, 0) is 22.3 Å². The summed E-state index contributed by atoms with van der Waals surface area (Å²) in [5.41, 5.74) is 2.46. The molecule has 0 aliphatic heterocycles. The molecule has 0 atom stereocenters. The normalized spacial score (nSPS) is 12.9. The van der Waals surface area contributed by atoms with Crippen LogP contribution in [0.25, 0.3) is 16.9 Å². The number of pyridine rings is 1. The molecule has 0 unspecified atom stereocenters. The molecule has 5 aromatic rings. The second-order valence-corrected chi connectivity index (χ2v) is 10.5. The summed E-state index contributed by atoms with van der Waals surface area (Å²) >= 11 is 0. The molecule has 0 spiro atoms. The summed E-state index contributed by atoms with van der Waals surface area (Å²) in [6, 6.07) is 13.5. The largest absolute Gasteiger partial charge is 0.459 e. The van der Waals surface area contributed by atoms with Crippen LogP contribution in [0.5, 0.6) is 0 Å². The summed E-state index contributed by atoms with van der Waals surface area (Å²) in [6.45, 7) is 1.74. The van der Waals surface area contributed by atoms with Crippen molar-refractivity contribution in [2.24, 2.45) is 5.92 Å². The first kappa shape index (κ1) is 29.5. The Balaban J connectivity index is 1.21. The van der Waals surface area contributed by atoms with Gasteiger partial charge in [0.05, 0.1) is 29.2 Å². The van der Waals surface area contributed by atoms with Crippen molar-refractivity contribution in [3.63, 3.8) is 0 Å². The van der Waals surface area contributed by atoms with E-state index in [0.717, 1.165) is 36.1 Å². The molecule has 1 aliphatic carbocycles. The molecule has 0 saturated heterocycles. The zero-order chi connectivity index (χ0) is 31.6. The molecule has 2 aromatic carbocycles. The number of nitrogens with zero attached hydrogens (tertiary/aromatic N) is 5. The zero-order valence-corrected chi connectivity index (χ0v) is 23.9. The van der Waals surface area contributed by atoms with Crippen molar-refractivity contribution >= 4 is 29.2 Å². The Morgan fingerprint density at radius 3 is 2.64 bits per heavy atom. The van der Waals surface area contributed by atoms with Crippen LogP contribution in [-0.4, -0.2) is 36.4 Å². The molecule has 45 heavy (non-hydrogen) atoms. The van der Waals surface area contributed by atoms with E-state index in [-0.39, 0.29) is 35.4 Å². The van der Waals surface area contributed by atoms with E-state index >= 15 is 0 Å². The number of ether oxygens (including phenoxy) is 1. The van der Waals surface area contributed by atoms with E-state index in [0.29, 0.717) is 23.0 Å². The minimum absolute atomic E-state index is 0.0668. The molecule has 1 saturated carbocycles. The lowest BCUT2D eigenvalue weighted by atomic mass is 10.1. The summed E-state index contributed by atoms with van der Waals surface area (Å²) < 4.78 is 48.1. The van der Waals surface area contributed by atoms with Gasteiger partial charge in [-0.3, -0.25) is 14.6 Å². The van der Waals surface area contributed by atoms with E-state index in [1.165, 1.54) is 23.2 Å². The highest BCUT2D eigenvalue weighted by Gasteiger charge is 2.32. The topological polar surface area (TPSA) is 124 Å². The maximum atomic E-state index is 13.8. The van der Waals surface area contributed by atoms with E-state index < -0.39 is 17.6 Å². The van der Waals surface area contributed by atoms with Crippen LogP contribution in [0.1, 0.15) is 40.0 Å². The molecule has 1 amide bonds. The predicted octanol–water partition coefficient (Wildman–Crippen LogP) is 6.50. The third-order valence-electron chi connectivity index (χ3n) is 7.07. The third-order valence-corrected chi connectivity index (χ3v) is 7.07. The van der Waals surface area contributed by atoms with Gasteiger partial charge >= 0.3 is 12.1 Å². The molecule has 0 bridgehead atoms. The first-order chi connectivity index (χ1) is 21.6. The van der Waals surface area contributed by atoms with Crippen molar-refractivity contribution in [3.05, 3.63) is 108 Å². The van der Waals surface area contributed by atoms with Crippen LogP contribution in [0.4, 0.5) is 30.5 Å². The van der Waals surface area contributed by atoms with Gasteiger partial charge in [-0.15, -0.1) is 0 Å². The number of nitrogens with one attached hydrogen (secondary N) is 2. The minimum atomic E-state index is -4.68. The lowest BCUT2D eigenvalue weighted by Crippen LogP contribution is -2.14. The Labute approximate surface area is 255 Å². The minimum Gasteiger partial charge on any atom is -0.459 e. The average molecular weight is 614 g/mol. The Morgan fingerprint density at radius 2 is 1.89 bits per heavy atom. The summed E-state index contributed by atoms with van der Waals surface area (Å²) in [5.74, 6) is -0.721. The van der Waals surface area contributed by atoms with Gasteiger partial charge < -0.3 is 19.9 Å². The fraction of sp³-hybridized carbons (Fsp3) is 0.188. The molecular formula is C32H26F3N7O3. The van der Waals surface area contributed by atoms with Crippen molar-refractivity contribution in [2.45, 2.75) is 32.5 Å². The highest BCUT2D eigenvalue weighted by atomic mass is 19.4. The molecule has 1 aliphatic rings. The molecule has 3 aromatic heterocycles. The van der Waals surface area contributed by atoms with Crippen LogP contribution in [0, 0.1) is 12.8 Å². The van der Waals surface area contributed by atoms with Gasteiger partial charge in [0.2, 0.25) is 5.95 Å². The van der Waals surface area contributed by atoms with Gasteiger partial charge in [0.15, 0.2) is 0 Å². The number of aryl methyl sites for hydroxylation is 1. The molecule has 13 heteroatoms. The van der Waals surface area contributed by atoms with Crippen molar-refractivity contribution in [1.82, 2.24) is 24.5 Å².